The fourth-order valence-electron chi connectivity index (χ4n) is 2.52. The van der Waals surface area contributed by atoms with Crippen LogP contribution < -0.4 is 15.4 Å². The minimum absolute atomic E-state index is 0.0269. The number of aliphatic hydroxyl groups is 1. The molecule has 0 aliphatic rings. The van der Waals surface area contributed by atoms with Crippen LogP contribution in [0.2, 0.25) is 0 Å². The van der Waals surface area contributed by atoms with Gasteiger partial charge in [-0.25, -0.2) is 0 Å². The van der Waals surface area contributed by atoms with Crippen molar-refractivity contribution in [1.29, 1.82) is 0 Å². The first-order valence-corrected chi connectivity index (χ1v) is 7.94. The van der Waals surface area contributed by atoms with E-state index in [9.17, 15) is 9.90 Å². The number of hydrogen-bond donors (Lipinski definition) is 3. The topological polar surface area (TPSA) is 70.6 Å². The molecule has 0 radical (unpaired) electrons. The number of para-hydroxylation sites is 1. The van der Waals surface area contributed by atoms with Crippen LogP contribution in [0, 0.1) is 0 Å². The molecule has 3 N–H and O–H groups in total. The summed E-state index contributed by atoms with van der Waals surface area (Å²) in [5.41, 5.74) is 2.53. The van der Waals surface area contributed by atoms with Gasteiger partial charge in [0, 0.05) is 11.3 Å². The van der Waals surface area contributed by atoms with E-state index < -0.39 is 6.04 Å². The van der Waals surface area contributed by atoms with Crippen LogP contribution >= 0.6 is 0 Å². The normalized spacial score (nSPS) is 13.0. The smallest absolute Gasteiger partial charge is 0.242 e. The minimum Gasteiger partial charge on any atom is -0.496 e. The SMILES string of the molecule is COc1ccccc1C(C)NC(=O)C(C)Nc1cccc(CO)c1. The molecule has 2 rings (SSSR count). The molecule has 0 saturated carbocycles. The molecule has 0 fully saturated rings. The molecule has 0 aliphatic carbocycles. The summed E-state index contributed by atoms with van der Waals surface area (Å²) in [6, 6.07) is 14.4. The zero-order valence-corrected chi connectivity index (χ0v) is 14.2. The second-order valence-electron chi connectivity index (χ2n) is 5.70. The van der Waals surface area contributed by atoms with Crippen molar-refractivity contribution in [1.82, 2.24) is 5.32 Å². The Morgan fingerprint density at radius 3 is 2.62 bits per heavy atom. The summed E-state index contributed by atoms with van der Waals surface area (Å²) in [6.07, 6.45) is 0. The van der Waals surface area contributed by atoms with Crippen molar-refractivity contribution >= 4 is 11.6 Å². The number of rotatable bonds is 7. The van der Waals surface area contributed by atoms with Crippen molar-refractivity contribution in [3.63, 3.8) is 0 Å². The molecule has 24 heavy (non-hydrogen) atoms. The quantitative estimate of drug-likeness (QED) is 0.731. The predicted molar refractivity (Wildman–Crippen MR) is 95.0 cm³/mol. The summed E-state index contributed by atoms with van der Waals surface area (Å²) in [4.78, 5) is 12.4. The third-order valence-corrected chi connectivity index (χ3v) is 3.85. The lowest BCUT2D eigenvalue weighted by atomic mass is 10.1. The lowest BCUT2D eigenvalue weighted by Crippen LogP contribution is -2.39. The lowest BCUT2D eigenvalue weighted by molar-refractivity contribution is -0.122. The zero-order chi connectivity index (χ0) is 17.5. The first kappa shape index (κ1) is 17.8. The molecule has 0 spiro atoms. The largest absolute Gasteiger partial charge is 0.496 e. The third kappa shape index (κ3) is 4.49. The van der Waals surface area contributed by atoms with Gasteiger partial charge in [-0.15, -0.1) is 0 Å². The molecule has 0 saturated heterocycles. The van der Waals surface area contributed by atoms with Crippen LogP contribution in [0.1, 0.15) is 31.0 Å². The number of ether oxygens (including phenoxy) is 1. The van der Waals surface area contributed by atoms with Crippen molar-refractivity contribution in [3.05, 3.63) is 59.7 Å². The van der Waals surface area contributed by atoms with Crippen molar-refractivity contribution in [3.8, 4) is 5.75 Å². The highest BCUT2D eigenvalue weighted by Gasteiger charge is 2.18. The molecule has 1 amide bonds. The van der Waals surface area contributed by atoms with Gasteiger partial charge in [0.25, 0.3) is 0 Å². The first-order chi connectivity index (χ1) is 11.5. The van der Waals surface area contributed by atoms with E-state index >= 15 is 0 Å². The summed E-state index contributed by atoms with van der Waals surface area (Å²) in [5.74, 6) is 0.643. The second kappa shape index (κ2) is 8.36. The average Bonchev–Trinajstić information content (AvgIpc) is 2.61. The lowest BCUT2D eigenvalue weighted by Gasteiger charge is -2.21. The third-order valence-electron chi connectivity index (χ3n) is 3.85. The van der Waals surface area contributed by atoms with Crippen LogP contribution in [0.3, 0.4) is 0 Å². The standard InChI is InChI=1S/C19H24N2O3/c1-13(17-9-4-5-10-18(17)24-3)21-19(23)14(2)20-16-8-6-7-15(11-16)12-22/h4-11,13-14,20,22H,12H2,1-3H3,(H,21,23). The van der Waals surface area contributed by atoms with E-state index in [4.69, 9.17) is 4.74 Å². The summed E-state index contributed by atoms with van der Waals surface area (Å²) in [5, 5.41) is 15.3. The molecule has 5 heteroatoms. The van der Waals surface area contributed by atoms with Gasteiger partial charge in [0.15, 0.2) is 0 Å². The van der Waals surface area contributed by atoms with Crippen molar-refractivity contribution in [2.24, 2.45) is 0 Å². The van der Waals surface area contributed by atoms with Gasteiger partial charge < -0.3 is 20.5 Å². The van der Waals surface area contributed by atoms with Crippen molar-refractivity contribution in [2.75, 3.05) is 12.4 Å². The molecule has 0 heterocycles. The number of methoxy groups -OCH3 is 1. The van der Waals surface area contributed by atoms with Gasteiger partial charge in [0.05, 0.1) is 19.8 Å². The second-order valence-corrected chi connectivity index (χ2v) is 5.70. The molecule has 2 aromatic rings. The maximum Gasteiger partial charge on any atom is 0.242 e. The van der Waals surface area contributed by atoms with E-state index in [0.717, 1.165) is 22.6 Å². The monoisotopic (exact) mass is 328 g/mol. The summed E-state index contributed by atoms with van der Waals surface area (Å²) >= 11 is 0. The van der Waals surface area contributed by atoms with Gasteiger partial charge in [0.1, 0.15) is 11.8 Å². The summed E-state index contributed by atoms with van der Waals surface area (Å²) in [6.45, 7) is 3.70. The van der Waals surface area contributed by atoms with Crippen LogP contribution in [-0.4, -0.2) is 24.2 Å². The predicted octanol–water partition coefficient (Wildman–Crippen LogP) is 2.87. The molecular formula is C19H24N2O3. The molecule has 0 aromatic heterocycles. The Morgan fingerprint density at radius 2 is 1.92 bits per heavy atom. The highest BCUT2D eigenvalue weighted by Crippen LogP contribution is 2.24. The van der Waals surface area contributed by atoms with Gasteiger partial charge in [-0.2, -0.15) is 0 Å². The maximum atomic E-state index is 12.4. The Bertz CT molecular complexity index is 688. The van der Waals surface area contributed by atoms with Gasteiger partial charge in [-0.1, -0.05) is 30.3 Å². The number of carbonyl (C=O) groups excluding carboxylic acids is 1. The molecule has 2 unspecified atom stereocenters. The number of aliphatic hydroxyl groups excluding tert-OH is 1. The number of amides is 1. The summed E-state index contributed by atoms with van der Waals surface area (Å²) < 4.78 is 5.34. The van der Waals surface area contributed by atoms with Gasteiger partial charge in [-0.05, 0) is 37.6 Å². The van der Waals surface area contributed by atoms with Gasteiger partial charge in [-0.3, -0.25) is 4.79 Å². The first-order valence-electron chi connectivity index (χ1n) is 7.94. The van der Waals surface area contributed by atoms with E-state index in [2.05, 4.69) is 10.6 Å². The Morgan fingerprint density at radius 1 is 1.17 bits per heavy atom. The van der Waals surface area contributed by atoms with Gasteiger partial charge >= 0.3 is 0 Å². The number of hydrogen-bond acceptors (Lipinski definition) is 4. The number of nitrogens with one attached hydrogen (secondary N) is 2. The molecule has 5 nitrogen and oxygen atoms in total. The molecule has 2 atom stereocenters. The number of benzene rings is 2. The van der Waals surface area contributed by atoms with Crippen LogP contribution in [0.25, 0.3) is 0 Å². The van der Waals surface area contributed by atoms with E-state index in [0.29, 0.717) is 0 Å². The Kier molecular flexibility index (Phi) is 6.21. The molecule has 0 aliphatic heterocycles. The highest BCUT2D eigenvalue weighted by atomic mass is 16.5. The van der Waals surface area contributed by atoms with Crippen molar-refractivity contribution < 1.29 is 14.6 Å². The molecule has 128 valence electrons. The fraction of sp³-hybridized carbons (Fsp3) is 0.316. The van der Waals surface area contributed by atoms with Gasteiger partial charge in [0.2, 0.25) is 5.91 Å². The Balaban J connectivity index is 2.00. The van der Waals surface area contributed by atoms with E-state index in [-0.39, 0.29) is 18.6 Å². The number of carbonyl (C=O) groups is 1. The van der Waals surface area contributed by atoms with Crippen molar-refractivity contribution in [2.45, 2.75) is 32.5 Å². The minimum atomic E-state index is -0.406. The van der Waals surface area contributed by atoms with Crippen LogP contribution in [0.15, 0.2) is 48.5 Å². The zero-order valence-electron chi connectivity index (χ0n) is 14.2. The molecule has 0 bridgehead atoms. The van der Waals surface area contributed by atoms with E-state index in [1.807, 2.05) is 55.5 Å². The average molecular weight is 328 g/mol. The Labute approximate surface area is 142 Å². The van der Waals surface area contributed by atoms with Crippen LogP contribution in [0.5, 0.6) is 5.75 Å². The highest BCUT2D eigenvalue weighted by molar-refractivity contribution is 5.84. The molecular weight excluding hydrogens is 304 g/mol. The van der Waals surface area contributed by atoms with E-state index in [1.54, 1.807) is 14.0 Å². The molecule has 2 aromatic carbocycles. The van der Waals surface area contributed by atoms with Crippen LogP contribution in [-0.2, 0) is 11.4 Å². The Hall–Kier alpha value is -2.53. The number of anilines is 1. The van der Waals surface area contributed by atoms with E-state index in [1.165, 1.54) is 0 Å². The summed E-state index contributed by atoms with van der Waals surface area (Å²) in [7, 11) is 1.62. The van der Waals surface area contributed by atoms with Crippen LogP contribution in [0.4, 0.5) is 5.69 Å². The maximum absolute atomic E-state index is 12.4. The fourth-order valence-corrected chi connectivity index (χ4v) is 2.52.